The van der Waals surface area contributed by atoms with Crippen molar-refractivity contribution in [1.82, 2.24) is 5.32 Å². The van der Waals surface area contributed by atoms with E-state index in [1.165, 1.54) is 27.8 Å². The van der Waals surface area contributed by atoms with E-state index in [-0.39, 0.29) is 12.5 Å². The molecule has 1 unspecified atom stereocenters. The standard InChI is InChI=1S/C17H25NO2/c1-6-7-18-15(10-17(19)20)9-16-13(4)11(2)8-12(3)14(16)5/h6,8,15,18H,1,7,9-10H2,2-5H3,(H,19,20). The first kappa shape index (κ1) is 16.4. The lowest BCUT2D eigenvalue weighted by Crippen LogP contribution is -2.34. The summed E-state index contributed by atoms with van der Waals surface area (Å²) >= 11 is 0. The van der Waals surface area contributed by atoms with Gasteiger partial charge in [0.2, 0.25) is 0 Å². The van der Waals surface area contributed by atoms with Crippen molar-refractivity contribution in [2.24, 2.45) is 0 Å². The zero-order chi connectivity index (χ0) is 15.3. The molecule has 2 N–H and O–H groups in total. The molecule has 0 amide bonds. The molecule has 0 saturated heterocycles. The van der Waals surface area contributed by atoms with Gasteiger partial charge in [-0.1, -0.05) is 12.1 Å². The largest absolute Gasteiger partial charge is 0.481 e. The molecule has 0 fully saturated rings. The third kappa shape index (κ3) is 4.20. The second kappa shape index (κ2) is 7.25. The van der Waals surface area contributed by atoms with E-state index in [2.05, 4.69) is 45.7 Å². The number of carboxylic acids is 1. The second-order valence-corrected chi connectivity index (χ2v) is 5.43. The first-order chi connectivity index (χ1) is 9.36. The number of aliphatic carboxylic acids is 1. The second-order valence-electron chi connectivity index (χ2n) is 5.43. The zero-order valence-electron chi connectivity index (χ0n) is 12.9. The van der Waals surface area contributed by atoms with Crippen LogP contribution in [0.15, 0.2) is 18.7 Å². The van der Waals surface area contributed by atoms with Crippen LogP contribution in [0.3, 0.4) is 0 Å². The Hall–Kier alpha value is -1.61. The number of benzene rings is 1. The van der Waals surface area contributed by atoms with Crippen molar-refractivity contribution >= 4 is 5.97 Å². The third-order valence-electron chi connectivity index (χ3n) is 3.94. The molecule has 0 aliphatic carbocycles. The van der Waals surface area contributed by atoms with Gasteiger partial charge in [0.1, 0.15) is 0 Å². The smallest absolute Gasteiger partial charge is 0.304 e. The van der Waals surface area contributed by atoms with E-state index in [1.54, 1.807) is 6.08 Å². The molecule has 20 heavy (non-hydrogen) atoms. The van der Waals surface area contributed by atoms with Crippen molar-refractivity contribution < 1.29 is 9.90 Å². The Labute approximate surface area is 121 Å². The highest BCUT2D eigenvalue weighted by molar-refractivity contribution is 5.67. The van der Waals surface area contributed by atoms with Gasteiger partial charge >= 0.3 is 5.97 Å². The number of hydrogen-bond donors (Lipinski definition) is 2. The summed E-state index contributed by atoms with van der Waals surface area (Å²) in [7, 11) is 0. The summed E-state index contributed by atoms with van der Waals surface area (Å²) in [6.07, 6.45) is 2.62. The van der Waals surface area contributed by atoms with Gasteiger partial charge < -0.3 is 10.4 Å². The normalized spacial score (nSPS) is 12.2. The fourth-order valence-electron chi connectivity index (χ4n) is 2.53. The van der Waals surface area contributed by atoms with Gasteiger partial charge in [-0.05, 0) is 61.9 Å². The van der Waals surface area contributed by atoms with E-state index in [9.17, 15) is 4.79 Å². The van der Waals surface area contributed by atoms with E-state index >= 15 is 0 Å². The van der Waals surface area contributed by atoms with E-state index in [0.717, 1.165) is 6.42 Å². The Kier molecular flexibility index (Phi) is 5.96. The quantitative estimate of drug-likeness (QED) is 0.752. The van der Waals surface area contributed by atoms with Gasteiger partial charge in [-0.2, -0.15) is 0 Å². The van der Waals surface area contributed by atoms with Gasteiger partial charge in [-0.15, -0.1) is 6.58 Å². The molecule has 1 aromatic rings. The lowest BCUT2D eigenvalue weighted by molar-refractivity contribution is -0.137. The summed E-state index contributed by atoms with van der Waals surface area (Å²) in [6.45, 7) is 12.7. The van der Waals surface area contributed by atoms with Gasteiger partial charge in [0, 0.05) is 12.6 Å². The molecule has 0 saturated carbocycles. The van der Waals surface area contributed by atoms with E-state index < -0.39 is 5.97 Å². The number of rotatable bonds is 7. The van der Waals surface area contributed by atoms with Crippen molar-refractivity contribution in [3.63, 3.8) is 0 Å². The molecule has 0 aromatic heterocycles. The highest BCUT2D eigenvalue weighted by Gasteiger charge is 2.17. The maximum absolute atomic E-state index is 11.0. The highest BCUT2D eigenvalue weighted by atomic mass is 16.4. The summed E-state index contributed by atoms with van der Waals surface area (Å²) in [5, 5.41) is 12.3. The van der Waals surface area contributed by atoms with Gasteiger partial charge in [-0.25, -0.2) is 0 Å². The SMILES string of the molecule is C=CCNC(CC(=O)O)Cc1c(C)c(C)cc(C)c1C. The Bertz CT molecular complexity index is 480. The van der Waals surface area contributed by atoms with Gasteiger partial charge in [0.25, 0.3) is 0 Å². The van der Waals surface area contributed by atoms with Crippen molar-refractivity contribution in [3.8, 4) is 0 Å². The third-order valence-corrected chi connectivity index (χ3v) is 3.94. The molecule has 0 spiro atoms. The van der Waals surface area contributed by atoms with Gasteiger partial charge in [-0.3, -0.25) is 4.79 Å². The van der Waals surface area contributed by atoms with Crippen LogP contribution in [-0.2, 0) is 11.2 Å². The highest BCUT2D eigenvalue weighted by Crippen LogP contribution is 2.23. The lowest BCUT2D eigenvalue weighted by atomic mass is 9.89. The van der Waals surface area contributed by atoms with Crippen LogP contribution in [0.1, 0.15) is 34.2 Å². The molecule has 3 heteroatoms. The molecule has 3 nitrogen and oxygen atoms in total. The molecule has 110 valence electrons. The molecule has 1 atom stereocenters. The minimum Gasteiger partial charge on any atom is -0.481 e. The Morgan fingerprint density at radius 1 is 1.30 bits per heavy atom. The zero-order valence-corrected chi connectivity index (χ0v) is 12.9. The lowest BCUT2D eigenvalue weighted by Gasteiger charge is -2.21. The first-order valence-electron chi connectivity index (χ1n) is 6.99. The van der Waals surface area contributed by atoms with Crippen LogP contribution in [0.2, 0.25) is 0 Å². The van der Waals surface area contributed by atoms with Crippen molar-refractivity contribution in [3.05, 3.63) is 46.5 Å². The summed E-state index contributed by atoms with van der Waals surface area (Å²) in [5.41, 5.74) is 6.33. The average molecular weight is 275 g/mol. The van der Waals surface area contributed by atoms with Crippen LogP contribution >= 0.6 is 0 Å². The molecule has 0 heterocycles. The molecule has 0 aliphatic heterocycles. The van der Waals surface area contributed by atoms with Crippen LogP contribution in [0.5, 0.6) is 0 Å². The molecule has 1 aromatic carbocycles. The Morgan fingerprint density at radius 3 is 2.30 bits per heavy atom. The predicted molar refractivity (Wildman–Crippen MR) is 83.3 cm³/mol. The molecule has 0 radical (unpaired) electrons. The fraction of sp³-hybridized carbons (Fsp3) is 0.471. The van der Waals surface area contributed by atoms with Crippen LogP contribution in [0, 0.1) is 27.7 Å². The van der Waals surface area contributed by atoms with E-state index in [1.807, 2.05) is 0 Å². The monoisotopic (exact) mass is 275 g/mol. The first-order valence-corrected chi connectivity index (χ1v) is 6.99. The maximum Gasteiger partial charge on any atom is 0.304 e. The van der Waals surface area contributed by atoms with Crippen LogP contribution < -0.4 is 5.32 Å². The number of hydrogen-bond acceptors (Lipinski definition) is 2. The minimum absolute atomic E-state index is 0.0656. The molecule has 0 aliphatic rings. The number of aryl methyl sites for hydroxylation is 2. The molecular formula is C17H25NO2. The van der Waals surface area contributed by atoms with Crippen LogP contribution in [-0.4, -0.2) is 23.7 Å². The summed E-state index contributed by atoms with van der Waals surface area (Å²) in [6, 6.07) is 2.13. The van der Waals surface area contributed by atoms with Crippen molar-refractivity contribution in [1.29, 1.82) is 0 Å². The molecular weight excluding hydrogens is 250 g/mol. The van der Waals surface area contributed by atoms with E-state index in [0.29, 0.717) is 6.54 Å². The Morgan fingerprint density at radius 2 is 1.85 bits per heavy atom. The molecule has 0 bridgehead atoms. The Balaban J connectivity index is 3.03. The minimum atomic E-state index is -0.772. The molecule has 1 rings (SSSR count). The van der Waals surface area contributed by atoms with Crippen molar-refractivity contribution in [2.75, 3.05) is 6.54 Å². The van der Waals surface area contributed by atoms with Crippen LogP contribution in [0.25, 0.3) is 0 Å². The average Bonchev–Trinajstić information content (AvgIpc) is 2.37. The summed E-state index contributed by atoms with van der Waals surface area (Å²) in [5.74, 6) is -0.772. The van der Waals surface area contributed by atoms with Crippen molar-refractivity contribution in [2.45, 2.75) is 46.6 Å². The predicted octanol–water partition coefficient (Wildman–Crippen LogP) is 3.08. The number of carbonyl (C=O) groups is 1. The summed E-state index contributed by atoms with van der Waals surface area (Å²) < 4.78 is 0. The van der Waals surface area contributed by atoms with Gasteiger partial charge in [0.15, 0.2) is 0 Å². The van der Waals surface area contributed by atoms with E-state index in [4.69, 9.17) is 5.11 Å². The maximum atomic E-state index is 11.0. The number of carboxylic acid groups (broad SMARTS) is 1. The van der Waals surface area contributed by atoms with Crippen LogP contribution in [0.4, 0.5) is 0 Å². The number of nitrogens with one attached hydrogen (secondary N) is 1. The topological polar surface area (TPSA) is 49.3 Å². The summed E-state index contributed by atoms with van der Waals surface area (Å²) in [4.78, 5) is 11.0. The van der Waals surface area contributed by atoms with Gasteiger partial charge in [0.05, 0.1) is 6.42 Å². The fourth-order valence-corrected chi connectivity index (χ4v) is 2.53.